The van der Waals surface area contributed by atoms with Crippen molar-refractivity contribution in [3.05, 3.63) is 47.5 Å². The van der Waals surface area contributed by atoms with Crippen molar-refractivity contribution in [3.8, 4) is 11.4 Å². The smallest absolute Gasteiger partial charge is 0.147 e. The Morgan fingerprint density at radius 3 is 2.46 bits per heavy atom. The Morgan fingerprint density at radius 2 is 1.79 bits per heavy atom. The number of unbranched alkanes of at least 4 members (excludes halogenated alkanes) is 1. The van der Waals surface area contributed by atoms with Crippen molar-refractivity contribution in [2.24, 2.45) is 0 Å². The summed E-state index contributed by atoms with van der Waals surface area (Å²) in [4.78, 5) is 1.49. The largest absolute Gasteiger partial charge is 0.505 e. The van der Waals surface area contributed by atoms with Crippen molar-refractivity contribution >= 4 is 11.0 Å². The number of rotatable bonds is 7. The van der Waals surface area contributed by atoms with E-state index in [-0.39, 0.29) is 12.4 Å². The Labute approximate surface area is 140 Å². The zero-order chi connectivity index (χ0) is 16.9. The van der Waals surface area contributed by atoms with Gasteiger partial charge in [0, 0.05) is 18.7 Å². The molecular formula is C18H22N4O2. The molecule has 0 bridgehead atoms. The topological polar surface area (TPSA) is 83.2 Å². The minimum atomic E-state index is 0.190. The van der Waals surface area contributed by atoms with Crippen molar-refractivity contribution in [2.75, 3.05) is 13.2 Å². The summed E-state index contributed by atoms with van der Waals surface area (Å²) in [6, 6.07) is 11.5. The van der Waals surface area contributed by atoms with Crippen LogP contribution in [0.2, 0.25) is 0 Å². The van der Waals surface area contributed by atoms with Crippen molar-refractivity contribution in [1.82, 2.24) is 20.3 Å². The number of benzene rings is 2. The van der Waals surface area contributed by atoms with Crippen molar-refractivity contribution < 1.29 is 10.2 Å². The first-order valence-corrected chi connectivity index (χ1v) is 8.15. The summed E-state index contributed by atoms with van der Waals surface area (Å²) in [7, 11) is 0. The number of aliphatic hydroxyl groups is 1. The van der Waals surface area contributed by atoms with Crippen LogP contribution in [0, 0.1) is 6.92 Å². The van der Waals surface area contributed by atoms with E-state index in [1.807, 2.05) is 43.3 Å². The predicted octanol–water partition coefficient (Wildman–Crippen LogP) is 2.30. The molecule has 6 nitrogen and oxygen atoms in total. The van der Waals surface area contributed by atoms with Crippen LogP contribution < -0.4 is 5.32 Å². The molecule has 0 amide bonds. The molecule has 0 aliphatic rings. The third-order valence-electron chi connectivity index (χ3n) is 3.89. The van der Waals surface area contributed by atoms with Gasteiger partial charge in [-0.25, -0.2) is 0 Å². The number of aromatic nitrogens is 3. The lowest BCUT2D eigenvalue weighted by molar-refractivity contribution is 0.283. The highest BCUT2D eigenvalue weighted by atomic mass is 16.3. The third-order valence-corrected chi connectivity index (χ3v) is 3.89. The molecule has 1 aromatic heterocycles. The van der Waals surface area contributed by atoms with E-state index < -0.39 is 0 Å². The molecule has 0 saturated heterocycles. The summed E-state index contributed by atoms with van der Waals surface area (Å²) >= 11 is 0. The second kappa shape index (κ2) is 7.42. The number of phenols is 1. The maximum atomic E-state index is 10.6. The molecule has 6 heteroatoms. The van der Waals surface area contributed by atoms with Gasteiger partial charge < -0.3 is 15.5 Å². The van der Waals surface area contributed by atoms with Gasteiger partial charge in [-0.05, 0) is 50.1 Å². The molecule has 0 aliphatic heterocycles. The number of aliphatic hydroxyl groups excluding tert-OH is 1. The highest BCUT2D eigenvalue weighted by Crippen LogP contribution is 2.27. The van der Waals surface area contributed by atoms with Crippen LogP contribution in [0.5, 0.6) is 5.75 Å². The molecule has 0 saturated carbocycles. The Bertz CT molecular complexity index is 796. The fourth-order valence-corrected chi connectivity index (χ4v) is 2.67. The van der Waals surface area contributed by atoms with Gasteiger partial charge in [0.05, 0.1) is 0 Å². The SMILES string of the molecule is Cc1cc(CNCCCCO)c(O)c(-n2nc3ccccc3n2)c1. The zero-order valence-electron chi connectivity index (χ0n) is 13.7. The van der Waals surface area contributed by atoms with E-state index in [1.165, 1.54) is 4.80 Å². The van der Waals surface area contributed by atoms with Gasteiger partial charge in [0.2, 0.25) is 0 Å². The van der Waals surface area contributed by atoms with E-state index in [0.717, 1.165) is 41.5 Å². The molecule has 126 valence electrons. The van der Waals surface area contributed by atoms with Gasteiger partial charge in [0.1, 0.15) is 22.5 Å². The molecule has 0 radical (unpaired) electrons. The third kappa shape index (κ3) is 3.55. The molecule has 0 unspecified atom stereocenters. The molecule has 2 aromatic carbocycles. The standard InChI is InChI=1S/C18H22N4O2/c1-13-10-14(12-19-8-4-5-9-23)18(24)17(11-13)22-20-15-6-2-3-7-16(15)21-22/h2-3,6-7,10-11,19,23-24H,4-5,8-9,12H2,1H3. The first-order valence-electron chi connectivity index (χ1n) is 8.15. The number of nitrogens with one attached hydrogen (secondary N) is 1. The quantitative estimate of drug-likeness (QED) is 0.580. The van der Waals surface area contributed by atoms with Gasteiger partial charge in [-0.2, -0.15) is 0 Å². The van der Waals surface area contributed by atoms with Crippen LogP contribution in [0.25, 0.3) is 16.7 Å². The summed E-state index contributed by atoms with van der Waals surface area (Å²) in [6.07, 6.45) is 1.68. The fourth-order valence-electron chi connectivity index (χ4n) is 2.67. The maximum Gasteiger partial charge on any atom is 0.147 e. The highest BCUT2D eigenvalue weighted by molar-refractivity contribution is 5.73. The second-order valence-electron chi connectivity index (χ2n) is 5.88. The van der Waals surface area contributed by atoms with Gasteiger partial charge in [0.15, 0.2) is 0 Å². The fraction of sp³-hybridized carbons (Fsp3) is 0.333. The van der Waals surface area contributed by atoms with E-state index in [1.54, 1.807) is 0 Å². The van der Waals surface area contributed by atoms with Crippen LogP contribution in [0.4, 0.5) is 0 Å². The molecule has 0 spiro atoms. The van der Waals surface area contributed by atoms with Gasteiger partial charge in [-0.15, -0.1) is 15.0 Å². The Hall–Kier alpha value is -2.44. The summed E-state index contributed by atoms with van der Waals surface area (Å²) < 4.78 is 0. The van der Waals surface area contributed by atoms with E-state index in [4.69, 9.17) is 5.11 Å². The summed E-state index contributed by atoms with van der Waals surface area (Å²) in [6.45, 7) is 3.56. The molecule has 3 N–H and O–H groups in total. The number of phenolic OH excluding ortho intramolecular Hbond substituents is 1. The zero-order valence-corrected chi connectivity index (χ0v) is 13.7. The van der Waals surface area contributed by atoms with Gasteiger partial charge >= 0.3 is 0 Å². The first kappa shape index (κ1) is 16.4. The molecule has 3 rings (SSSR count). The van der Waals surface area contributed by atoms with Crippen LogP contribution in [0.1, 0.15) is 24.0 Å². The lowest BCUT2D eigenvalue weighted by Gasteiger charge is -2.11. The van der Waals surface area contributed by atoms with Crippen LogP contribution in [-0.4, -0.2) is 38.4 Å². The number of hydrogen-bond donors (Lipinski definition) is 3. The minimum absolute atomic E-state index is 0.190. The van der Waals surface area contributed by atoms with E-state index >= 15 is 0 Å². The monoisotopic (exact) mass is 326 g/mol. The van der Waals surface area contributed by atoms with Gasteiger partial charge in [-0.1, -0.05) is 18.2 Å². The Kier molecular flexibility index (Phi) is 5.08. The van der Waals surface area contributed by atoms with E-state index in [9.17, 15) is 5.11 Å². The predicted molar refractivity (Wildman–Crippen MR) is 93.3 cm³/mol. The van der Waals surface area contributed by atoms with Gasteiger partial charge in [-0.3, -0.25) is 0 Å². The summed E-state index contributed by atoms with van der Waals surface area (Å²) in [5.74, 6) is 0.190. The number of aryl methyl sites for hydroxylation is 1. The van der Waals surface area contributed by atoms with Crippen molar-refractivity contribution in [3.63, 3.8) is 0 Å². The Morgan fingerprint density at radius 1 is 1.08 bits per heavy atom. The molecular weight excluding hydrogens is 304 g/mol. The van der Waals surface area contributed by atoms with Crippen LogP contribution in [0.15, 0.2) is 36.4 Å². The van der Waals surface area contributed by atoms with E-state index in [0.29, 0.717) is 12.2 Å². The van der Waals surface area contributed by atoms with Crippen LogP contribution in [0.3, 0.4) is 0 Å². The molecule has 0 atom stereocenters. The number of aromatic hydroxyl groups is 1. The van der Waals surface area contributed by atoms with Gasteiger partial charge in [0.25, 0.3) is 0 Å². The summed E-state index contributed by atoms with van der Waals surface area (Å²) in [5.41, 5.74) is 4.02. The van der Waals surface area contributed by atoms with Crippen molar-refractivity contribution in [2.45, 2.75) is 26.3 Å². The normalized spacial score (nSPS) is 11.2. The molecule has 1 heterocycles. The minimum Gasteiger partial charge on any atom is -0.505 e. The van der Waals surface area contributed by atoms with Crippen LogP contribution >= 0.6 is 0 Å². The lowest BCUT2D eigenvalue weighted by Crippen LogP contribution is -2.15. The maximum absolute atomic E-state index is 10.6. The highest BCUT2D eigenvalue weighted by Gasteiger charge is 2.13. The van der Waals surface area contributed by atoms with Crippen LogP contribution in [-0.2, 0) is 6.54 Å². The average Bonchev–Trinajstić information content (AvgIpc) is 3.01. The molecule has 0 aliphatic carbocycles. The second-order valence-corrected chi connectivity index (χ2v) is 5.88. The Balaban J connectivity index is 1.85. The number of hydrogen-bond acceptors (Lipinski definition) is 5. The summed E-state index contributed by atoms with van der Waals surface area (Å²) in [5, 5.41) is 31.6. The number of nitrogens with zero attached hydrogens (tertiary/aromatic N) is 3. The van der Waals surface area contributed by atoms with Crippen molar-refractivity contribution in [1.29, 1.82) is 0 Å². The average molecular weight is 326 g/mol. The molecule has 0 fully saturated rings. The first-order chi connectivity index (χ1) is 11.7. The van der Waals surface area contributed by atoms with E-state index in [2.05, 4.69) is 15.5 Å². The number of fused-ring (bicyclic) bond motifs is 1. The lowest BCUT2D eigenvalue weighted by atomic mass is 10.1. The molecule has 24 heavy (non-hydrogen) atoms. The molecule has 3 aromatic rings.